The van der Waals surface area contributed by atoms with Gasteiger partial charge >= 0.3 is 0 Å². The summed E-state index contributed by atoms with van der Waals surface area (Å²) in [4.78, 5) is 30.3. The van der Waals surface area contributed by atoms with Crippen molar-refractivity contribution < 1.29 is 9.59 Å². The van der Waals surface area contributed by atoms with Crippen LogP contribution < -0.4 is 5.32 Å². The van der Waals surface area contributed by atoms with Crippen LogP contribution in [0.5, 0.6) is 0 Å². The summed E-state index contributed by atoms with van der Waals surface area (Å²) in [5.41, 5.74) is 1.65. The molecule has 0 radical (unpaired) electrons. The summed E-state index contributed by atoms with van der Waals surface area (Å²) in [6, 6.07) is 10.1. The maximum Gasteiger partial charge on any atom is 0.271 e. The molecule has 5 nitrogen and oxygen atoms in total. The van der Waals surface area contributed by atoms with Gasteiger partial charge in [-0.05, 0) is 12.0 Å². The lowest BCUT2D eigenvalue weighted by Gasteiger charge is -2.15. The van der Waals surface area contributed by atoms with Crippen molar-refractivity contribution in [2.75, 3.05) is 13.1 Å². The van der Waals surface area contributed by atoms with Crippen LogP contribution in [-0.2, 0) is 11.2 Å². The van der Waals surface area contributed by atoms with E-state index in [1.54, 1.807) is 5.38 Å². The molecule has 1 unspecified atom stereocenters. The van der Waals surface area contributed by atoms with Crippen molar-refractivity contribution in [3.05, 3.63) is 52.0 Å². The fourth-order valence-electron chi connectivity index (χ4n) is 2.85. The summed E-state index contributed by atoms with van der Waals surface area (Å²) in [5, 5.41) is 5.73. The van der Waals surface area contributed by atoms with Gasteiger partial charge in [0.05, 0.1) is 5.01 Å². The van der Waals surface area contributed by atoms with E-state index in [2.05, 4.69) is 22.4 Å². The molecule has 1 aromatic carbocycles. The highest BCUT2D eigenvalue weighted by Gasteiger charge is 2.27. The van der Waals surface area contributed by atoms with Gasteiger partial charge in [-0.3, -0.25) is 9.59 Å². The van der Waals surface area contributed by atoms with Crippen molar-refractivity contribution in [3.63, 3.8) is 0 Å². The van der Waals surface area contributed by atoms with Gasteiger partial charge in [0.1, 0.15) is 5.69 Å². The van der Waals surface area contributed by atoms with E-state index in [0.29, 0.717) is 25.2 Å². The standard InChI is InChI=1S/C18H21N3O2S/c1-2-17(22)21-9-8-14(11-21)19-18(23)15-12-24-16(20-15)10-13-6-4-3-5-7-13/h3-7,12,14H,2,8-11H2,1H3,(H,19,23). The van der Waals surface area contributed by atoms with E-state index in [9.17, 15) is 9.59 Å². The molecule has 2 amide bonds. The number of likely N-dealkylation sites (tertiary alicyclic amines) is 1. The number of aromatic nitrogens is 1. The summed E-state index contributed by atoms with van der Waals surface area (Å²) in [7, 11) is 0. The second kappa shape index (κ2) is 7.57. The van der Waals surface area contributed by atoms with Crippen molar-refractivity contribution in [1.82, 2.24) is 15.2 Å². The second-order valence-electron chi connectivity index (χ2n) is 5.94. The molecule has 1 aliphatic rings. The van der Waals surface area contributed by atoms with Crippen LogP contribution in [0.4, 0.5) is 0 Å². The maximum absolute atomic E-state index is 12.3. The van der Waals surface area contributed by atoms with Gasteiger partial charge in [0.15, 0.2) is 0 Å². The first kappa shape index (κ1) is 16.6. The van der Waals surface area contributed by atoms with E-state index in [1.165, 1.54) is 16.9 Å². The molecule has 126 valence electrons. The lowest BCUT2D eigenvalue weighted by atomic mass is 10.2. The molecule has 1 N–H and O–H groups in total. The molecule has 0 aliphatic carbocycles. The summed E-state index contributed by atoms with van der Waals surface area (Å²) in [6.07, 6.45) is 2.05. The van der Waals surface area contributed by atoms with Crippen LogP contribution in [0, 0.1) is 0 Å². The van der Waals surface area contributed by atoms with Crippen molar-refractivity contribution in [2.24, 2.45) is 0 Å². The van der Waals surface area contributed by atoms with E-state index < -0.39 is 0 Å². The summed E-state index contributed by atoms with van der Waals surface area (Å²) in [5.74, 6) is -0.00749. The Hall–Kier alpha value is -2.21. The molecule has 1 aliphatic heterocycles. The van der Waals surface area contributed by atoms with Crippen LogP contribution >= 0.6 is 11.3 Å². The molecule has 2 aromatic rings. The molecule has 0 saturated carbocycles. The molecule has 6 heteroatoms. The fourth-order valence-corrected chi connectivity index (χ4v) is 3.66. The smallest absolute Gasteiger partial charge is 0.271 e. The minimum absolute atomic E-state index is 0.0206. The highest BCUT2D eigenvalue weighted by Crippen LogP contribution is 2.16. The monoisotopic (exact) mass is 343 g/mol. The number of rotatable bonds is 5. The van der Waals surface area contributed by atoms with E-state index in [-0.39, 0.29) is 17.9 Å². The van der Waals surface area contributed by atoms with Crippen molar-refractivity contribution in [1.29, 1.82) is 0 Å². The summed E-state index contributed by atoms with van der Waals surface area (Å²) in [6.45, 7) is 3.17. The number of nitrogens with zero attached hydrogens (tertiary/aromatic N) is 2. The SMILES string of the molecule is CCC(=O)N1CCC(NC(=O)c2csc(Cc3ccccc3)n2)C1. The number of hydrogen-bond acceptors (Lipinski definition) is 4. The molecule has 1 saturated heterocycles. The molecule has 0 bridgehead atoms. The first-order valence-electron chi connectivity index (χ1n) is 8.22. The van der Waals surface area contributed by atoms with Crippen molar-refractivity contribution in [3.8, 4) is 0 Å². The van der Waals surface area contributed by atoms with Crippen LogP contribution in [0.15, 0.2) is 35.7 Å². The number of nitrogens with one attached hydrogen (secondary N) is 1. The van der Waals surface area contributed by atoms with E-state index in [1.807, 2.05) is 30.0 Å². The lowest BCUT2D eigenvalue weighted by molar-refractivity contribution is -0.129. The second-order valence-corrected chi connectivity index (χ2v) is 6.88. The van der Waals surface area contributed by atoms with Gasteiger partial charge in [-0.25, -0.2) is 4.98 Å². The Morgan fingerprint density at radius 2 is 2.12 bits per heavy atom. The Morgan fingerprint density at radius 1 is 1.33 bits per heavy atom. The minimum atomic E-state index is -0.152. The molecule has 1 fully saturated rings. The largest absolute Gasteiger partial charge is 0.346 e. The average Bonchev–Trinajstić information content (AvgIpc) is 3.25. The Bertz CT molecular complexity index is 714. The Morgan fingerprint density at radius 3 is 2.88 bits per heavy atom. The number of carbonyl (C=O) groups is 2. The first-order valence-corrected chi connectivity index (χ1v) is 9.10. The molecule has 0 spiro atoms. The van der Waals surface area contributed by atoms with Gasteiger partial charge in [0.2, 0.25) is 5.91 Å². The van der Waals surface area contributed by atoms with E-state index >= 15 is 0 Å². The highest BCUT2D eigenvalue weighted by molar-refractivity contribution is 7.09. The zero-order chi connectivity index (χ0) is 16.9. The third kappa shape index (κ3) is 4.00. The molecule has 24 heavy (non-hydrogen) atoms. The van der Waals surface area contributed by atoms with Gasteiger partial charge < -0.3 is 10.2 Å². The minimum Gasteiger partial charge on any atom is -0.346 e. The first-order chi connectivity index (χ1) is 11.7. The van der Waals surface area contributed by atoms with Gasteiger partial charge in [0, 0.05) is 37.4 Å². The van der Waals surface area contributed by atoms with Gasteiger partial charge in [-0.15, -0.1) is 11.3 Å². The maximum atomic E-state index is 12.3. The molecular weight excluding hydrogens is 322 g/mol. The van der Waals surface area contributed by atoms with Crippen molar-refractivity contribution >= 4 is 23.2 Å². The molecular formula is C18H21N3O2S. The number of thiazole rings is 1. The Kier molecular flexibility index (Phi) is 5.25. The normalized spacial score (nSPS) is 17.0. The predicted octanol–water partition coefficient (Wildman–Crippen LogP) is 2.47. The fraction of sp³-hybridized carbons (Fsp3) is 0.389. The van der Waals surface area contributed by atoms with Crippen molar-refractivity contribution in [2.45, 2.75) is 32.2 Å². The third-order valence-corrected chi connectivity index (χ3v) is 5.01. The summed E-state index contributed by atoms with van der Waals surface area (Å²) < 4.78 is 0. The predicted molar refractivity (Wildman–Crippen MR) is 94.1 cm³/mol. The van der Waals surface area contributed by atoms with Gasteiger partial charge in [-0.2, -0.15) is 0 Å². The molecule has 3 rings (SSSR count). The van der Waals surface area contributed by atoms with Crippen LogP contribution in [0.25, 0.3) is 0 Å². The zero-order valence-electron chi connectivity index (χ0n) is 13.7. The van der Waals surface area contributed by atoms with Crippen LogP contribution in [0.2, 0.25) is 0 Å². The molecule has 1 aromatic heterocycles. The molecule has 2 heterocycles. The molecule has 1 atom stereocenters. The number of amides is 2. The number of carbonyl (C=O) groups excluding carboxylic acids is 2. The quantitative estimate of drug-likeness (QED) is 0.907. The number of benzene rings is 1. The van der Waals surface area contributed by atoms with Crippen LogP contribution in [0.1, 0.15) is 40.8 Å². The van der Waals surface area contributed by atoms with Gasteiger partial charge in [0.25, 0.3) is 5.91 Å². The third-order valence-electron chi connectivity index (χ3n) is 4.16. The Labute approximate surface area is 145 Å². The van der Waals surface area contributed by atoms with Crippen LogP contribution in [-0.4, -0.2) is 40.8 Å². The van der Waals surface area contributed by atoms with E-state index in [0.717, 1.165) is 17.8 Å². The van der Waals surface area contributed by atoms with Crippen LogP contribution in [0.3, 0.4) is 0 Å². The van der Waals surface area contributed by atoms with E-state index in [4.69, 9.17) is 0 Å². The van der Waals surface area contributed by atoms with Gasteiger partial charge in [-0.1, -0.05) is 37.3 Å². The highest BCUT2D eigenvalue weighted by atomic mass is 32.1. The summed E-state index contributed by atoms with van der Waals surface area (Å²) >= 11 is 1.50. The lowest BCUT2D eigenvalue weighted by Crippen LogP contribution is -2.38. The Balaban J connectivity index is 1.56. The topological polar surface area (TPSA) is 62.3 Å². The average molecular weight is 343 g/mol. The zero-order valence-corrected chi connectivity index (χ0v) is 14.5. The number of hydrogen-bond donors (Lipinski definition) is 1.